The molecular weight excluding hydrogens is 497 g/mol. The molecule has 3 fully saturated rings. The molecule has 0 aliphatic carbocycles. The highest BCUT2D eigenvalue weighted by molar-refractivity contribution is 6.23. The number of nitrogens with one attached hydrogen (secondary N) is 2. The zero-order valence-corrected chi connectivity index (χ0v) is 19.8. The molecule has 1 unspecified atom stereocenters. The predicted molar refractivity (Wildman–Crippen MR) is 123 cm³/mol. The van der Waals surface area contributed by atoms with Crippen LogP contribution in [0.4, 0.5) is 18.9 Å². The summed E-state index contributed by atoms with van der Waals surface area (Å²) >= 11 is 0. The Labute approximate surface area is 210 Å². The van der Waals surface area contributed by atoms with Gasteiger partial charge in [0.15, 0.2) is 0 Å². The van der Waals surface area contributed by atoms with Crippen molar-refractivity contribution in [2.24, 2.45) is 11.8 Å². The Balaban J connectivity index is 0.000000405. The molecule has 1 aromatic carbocycles. The van der Waals surface area contributed by atoms with Crippen LogP contribution in [-0.4, -0.2) is 78.0 Å². The second kappa shape index (κ2) is 10.5. The SMILES string of the molecule is O=C(O)C(F)(F)F.O=C1CCC(N2C(=O)c3ccc(N4CCC(CC5CNC5)CC4)cc3C2=O)C(=O)N1. The molecule has 13 heteroatoms. The summed E-state index contributed by atoms with van der Waals surface area (Å²) in [6, 6.07) is 4.46. The van der Waals surface area contributed by atoms with Crippen LogP contribution in [0.15, 0.2) is 18.2 Å². The summed E-state index contributed by atoms with van der Waals surface area (Å²) in [5.41, 5.74) is 1.63. The Kier molecular flexibility index (Phi) is 7.53. The number of carbonyl (C=O) groups is 5. The number of hydrogen-bond acceptors (Lipinski definition) is 7. The van der Waals surface area contributed by atoms with Gasteiger partial charge in [0.25, 0.3) is 11.8 Å². The summed E-state index contributed by atoms with van der Waals surface area (Å²) < 4.78 is 31.7. The number of nitrogens with zero attached hydrogens (tertiary/aromatic N) is 2. The molecule has 200 valence electrons. The molecule has 10 nitrogen and oxygen atoms in total. The van der Waals surface area contributed by atoms with Crippen molar-refractivity contribution in [1.29, 1.82) is 0 Å². The van der Waals surface area contributed by atoms with E-state index in [0.717, 1.165) is 61.4 Å². The Morgan fingerprint density at radius 1 is 0.973 bits per heavy atom. The van der Waals surface area contributed by atoms with Crippen molar-refractivity contribution in [3.8, 4) is 0 Å². The maximum Gasteiger partial charge on any atom is 0.490 e. The van der Waals surface area contributed by atoms with Crippen LogP contribution in [0.2, 0.25) is 0 Å². The molecule has 3 N–H and O–H groups in total. The van der Waals surface area contributed by atoms with Crippen molar-refractivity contribution >= 4 is 35.3 Å². The lowest BCUT2D eigenvalue weighted by molar-refractivity contribution is -0.192. The van der Waals surface area contributed by atoms with Gasteiger partial charge in [-0.15, -0.1) is 0 Å². The highest BCUT2D eigenvalue weighted by atomic mass is 19.4. The third-order valence-corrected chi connectivity index (χ3v) is 7.18. The number of piperidine rings is 2. The van der Waals surface area contributed by atoms with Crippen LogP contribution in [0.5, 0.6) is 0 Å². The van der Waals surface area contributed by atoms with Gasteiger partial charge in [0, 0.05) is 25.2 Å². The summed E-state index contributed by atoms with van der Waals surface area (Å²) in [6.07, 6.45) is -1.21. The first-order valence-corrected chi connectivity index (χ1v) is 12.1. The number of amides is 4. The van der Waals surface area contributed by atoms with Gasteiger partial charge in [-0.25, -0.2) is 4.79 Å². The first-order chi connectivity index (χ1) is 17.5. The zero-order chi connectivity index (χ0) is 26.9. The largest absolute Gasteiger partial charge is 0.490 e. The third-order valence-electron chi connectivity index (χ3n) is 7.18. The van der Waals surface area contributed by atoms with Gasteiger partial charge in [-0.05, 0) is 68.8 Å². The fourth-order valence-corrected chi connectivity index (χ4v) is 5.07. The summed E-state index contributed by atoms with van der Waals surface area (Å²) in [5, 5.41) is 12.7. The summed E-state index contributed by atoms with van der Waals surface area (Å²) in [5.74, 6) is -3.02. The quantitative estimate of drug-likeness (QED) is 0.505. The summed E-state index contributed by atoms with van der Waals surface area (Å²) in [7, 11) is 0. The number of alkyl halides is 3. The minimum Gasteiger partial charge on any atom is -0.475 e. The first-order valence-electron chi connectivity index (χ1n) is 12.1. The van der Waals surface area contributed by atoms with E-state index in [-0.39, 0.29) is 18.7 Å². The molecule has 1 atom stereocenters. The second-order valence-corrected chi connectivity index (χ2v) is 9.67. The number of imide groups is 2. The molecule has 3 saturated heterocycles. The van der Waals surface area contributed by atoms with Crippen molar-refractivity contribution < 1.29 is 42.3 Å². The Morgan fingerprint density at radius 2 is 1.59 bits per heavy atom. The van der Waals surface area contributed by atoms with Crippen LogP contribution in [-0.2, 0) is 14.4 Å². The van der Waals surface area contributed by atoms with Crippen LogP contribution < -0.4 is 15.5 Å². The molecule has 0 bridgehead atoms. The van der Waals surface area contributed by atoms with E-state index in [0.29, 0.717) is 11.1 Å². The molecule has 4 heterocycles. The Morgan fingerprint density at radius 3 is 2.14 bits per heavy atom. The van der Waals surface area contributed by atoms with Crippen LogP contribution in [0.3, 0.4) is 0 Å². The Bertz CT molecular complexity index is 1110. The lowest BCUT2D eigenvalue weighted by Gasteiger charge is -2.37. The molecule has 0 aromatic heterocycles. The van der Waals surface area contributed by atoms with E-state index < -0.39 is 35.9 Å². The highest BCUT2D eigenvalue weighted by Gasteiger charge is 2.45. The van der Waals surface area contributed by atoms with E-state index in [1.54, 1.807) is 12.1 Å². The van der Waals surface area contributed by atoms with E-state index in [1.165, 1.54) is 6.42 Å². The predicted octanol–water partition coefficient (Wildman–Crippen LogP) is 1.55. The summed E-state index contributed by atoms with van der Waals surface area (Å²) in [6.45, 7) is 4.18. The molecule has 1 aromatic rings. The fourth-order valence-electron chi connectivity index (χ4n) is 5.07. The molecule has 0 radical (unpaired) electrons. The number of halogens is 3. The number of benzene rings is 1. The lowest BCUT2D eigenvalue weighted by Crippen LogP contribution is -2.54. The number of aliphatic carboxylic acids is 1. The number of fused-ring (bicyclic) bond motifs is 1. The molecule has 4 aliphatic heterocycles. The van der Waals surface area contributed by atoms with Crippen molar-refractivity contribution in [3.63, 3.8) is 0 Å². The number of hydrogen-bond donors (Lipinski definition) is 3. The third kappa shape index (κ3) is 5.76. The molecule has 37 heavy (non-hydrogen) atoms. The van der Waals surface area contributed by atoms with Gasteiger partial charge in [0.1, 0.15) is 6.04 Å². The average Bonchev–Trinajstić information content (AvgIpc) is 3.06. The first kappa shape index (κ1) is 26.6. The van der Waals surface area contributed by atoms with E-state index in [1.807, 2.05) is 6.07 Å². The number of rotatable bonds is 4. The number of carboxylic acids is 1. The maximum atomic E-state index is 13.0. The van der Waals surface area contributed by atoms with Crippen molar-refractivity contribution in [3.05, 3.63) is 29.3 Å². The maximum absolute atomic E-state index is 13.0. The van der Waals surface area contributed by atoms with Crippen molar-refractivity contribution in [2.45, 2.75) is 44.3 Å². The standard InChI is InChI=1S/C22H26N4O4.C2HF3O2/c27-19-4-3-18(20(28)24-19)26-21(29)16-2-1-15(10-17(16)22(26)30)25-7-5-13(6-8-25)9-14-11-23-12-14;3-2(4,5)1(6)7/h1-2,10,13-14,18,23H,3-9,11-12H2,(H,24,27,28);(H,6,7). The molecule has 5 rings (SSSR count). The van der Waals surface area contributed by atoms with Gasteiger partial charge >= 0.3 is 12.1 Å². The number of anilines is 1. The average molecular weight is 524 g/mol. The van der Waals surface area contributed by atoms with Crippen LogP contribution in [0.25, 0.3) is 0 Å². The van der Waals surface area contributed by atoms with Gasteiger partial charge in [0.05, 0.1) is 11.1 Å². The van der Waals surface area contributed by atoms with Gasteiger partial charge in [-0.1, -0.05) is 0 Å². The zero-order valence-electron chi connectivity index (χ0n) is 19.8. The summed E-state index contributed by atoms with van der Waals surface area (Å²) in [4.78, 5) is 61.6. The normalized spacial score (nSPS) is 22.7. The molecular formula is C24H27F3N4O6. The van der Waals surface area contributed by atoms with Crippen LogP contribution in [0, 0.1) is 11.8 Å². The van der Waals surface area contributed by atoms with Gasteiger partial charge in [-0.2, -0.15) is 13.2 Å². The molecule has 4 aliphatic rings. The minimum atomic E-state index is -5.08. The smallest absolute Gasteiger partial charge is 0.475 e. The van der Waals surface area contributed by atoms with E-state index >= 15 is 0 Å². The molecule has 0 saturated carbocycles. The highest BCUT2D eigenvalue weighted by Crippen LogP contribution is 2.33. The number of carboxylic acid groups (broad SMARTS) is 1. The Hall–Kier alpha value is -3.48. The number of carbonyl (C=O) groups excluding carboxylic acids is 4. The van der Waals surface area contributed by atoms with Crippen molar-refractivity contribution in [2.75, 3.05) is 31.1 Å². The monoisotopic (exact) mass is 524 g/mol. The van der Waals surface area contributed by atoms with Crippen molar-refractivity contribution in [1.82, 2.24) is 15.5 Å². The molecule has 4 amide bonds. The van der Waals surface area contributed by atoms with Gasteiger partial charge in [-0.3, -0.25) is 29.4 Å². The second-order valence-electron chi connectivity index (χ2n) is 9.67. The molecule has 0 spiro atoms. The van der Waals surface area contributed by atoms with E-state index in [9.17, 15) is 32.3 Å². The van der Waals surface area contributed by atoms with E-state index in [2.05, 4.69) is 15.5 Å². The lowest BCUT2D eigenvalue weighted by atomic mass is 9.84. The van der Waals surface area contributed by atoms with Crippen LogP contribution in [0.1, 0.15) is 52.8 Å². The van der Waals surface area contributed by atoms with Crippen LogP contribution >= 0.6 is 0 Å². The van der Waals surface area contributed by atoms with Gasteiger partial charge in [0.2, 0.25) is 11.8 Å². The topological polar surface area (TPSA) is 136 Å². The van der Waals surface area contributed by atoms with E-state index in [4.69, 9.17) is 9.90 Å². The van der Waals surface area contributed by atoms with Gasteiger partial charge < -0.3 is 15.3 Å². The minimum absolute atomic E-state index is 0.126. The fraction of sp³-hybridized carbons (Fsp3) is 0.542.